The fourth-order valence-corrected chi connectivity index (χ4v) is 1.14. The first kappa shape index (κ1) is 12.2. The Kier molecular flexibility index (Phi) is 4.01. The monoisotopic (exact) mass is 227 g/mol. The first-order valence-corrected chi connectivity index (χ1v) is 4.58. The van der Waals surface area contributed by atoms with Crippen LogP contribution in [0.3, 0.4) is 0 Å². The number of aromatic nitrogens is 2. The molecule has 1 amide bonds. The normalized spacial score (nSPS) is 12.1. The summed E-state index contributed by atoms with van der Waals surface area (Å²) in [5, 5.41) is 15.0. The van der Waals surface area contributed by atoms with E-state index in [1.807, 2.05) is 0 Å². The maximum atomic E-state index is 11.5. The first-order valence-electron chi connectivity index (χ1n) is 4.58. The molecule has 0 fully saturated rings. The first-order chi connectivity index (χ1) is 7.56. The third kappa shape index (κ3) is 2.80. The van der Waals surface area contributed by atoms with Gasteiger partial charge in [0.25, 0.3) is 5.91 Å². The van der Waals surface area contributed by atoms with E-state index in [-0.39, 0.29) is 12.5 Å². The van der Waals surface area contributed by atoms with Gasteiger partial charge in [0, 0.05) is 20.4 Å². The summed E-state index contributed by atoms with van der Waals surface area (Å²) in [6.07, 6.45) is 0.442. The molecular formula is C9H13N3O4. The van der Waals surface area contributed by atoms with E-state index in [1.165, 1.54) is 24.1 Å². The Morgan fingerprint density at radius 3 is 2.81 bits per heavy atom. The number of amides is 1. The number of carbonyl (C=O) groups excluding carboxylic acids is 1. The highest BCUT2D eigenvalue weighted by Crippen LogP contribution is 1.96. The molecule has 1 rings (SSSR count). The number of carboxylic acid groups (broad SMARTS) is 1. The lowest BCUT2D eigenvalue weighted by atomic mass is 10.3. The van der Waals surface area contributed by atoms with E-state index >= 15 is 0 Å². The Balaban J connectivity index is 2.53. The van der Waals surface area contributed by atoms with Crippen LogP contribution in [0, 0.1) is 0 Å². The topological polar surface area (TPSA) is 93.5 Å². The molecule has 0 aliphatic carbocycles. The van der Waals surface area contributed by atoms with Crippen molar-refractivity contribution >= 4 is 11.9 Å². The van der Waals surface area contributed by atoms with Gasteiger partial charge < -0.3 is 15.2 Å². The van der Waals surface area contributed by atoms with Gasteiger partial charge in [-0.05, 0) is 6.07 Å². The number of methoxy groups -OCH3 is 1. The van der Waals surface area contributed by atoms with Crippen LogP contribution < -0.4 is 5.32 Å². The molecule has 1 unspecified atom stereocenters. The highest BCUT2D eigenvalue weighted by Gasteiger charge is 2.18. The fraction of sp³-hybridized carbons (Fsp3) is 0.444. The van der Waals surface area contributed by atoms with Crippen molar-refractivity contribution in [2.24, 2.45) is 7.05 Å². The molecule has 0 spiro atoms. The van der Waals surface area contributed by atoms with Crippen molar-refractivity contribution in [1.82, 2.24) is 15.1 Å². The maximum Gasteiger partial charge on any atom is 0.334 e. The highest BCUT2D eigenvalue weighted by molar-refractivity contribution is 5.92. The molecule has 0 radical (unpaired) electrons. The minimum atomic E-state index is -1.12. The van der Waals surface area contributed by atoms with Gasteiger partial charge in [-0.3, -0.25) is 9.48 Å². The number of hydrogen-bond donors (Lipinski definition) is 2. The summed E-state index contributed by atoms with van der Waals surface area (Å²) in [7, 11) is 2.90. The maximum absolute atomic E-state index is 11.5. The van der Waals surface area contributed by atoms with Crippen molar-refractivity contribution in [3.05, 3.63) is 18.0 Å². The summed E-state index contributed by atoms with van der Waals surface area (Å²) >= 11 is 0. The zero-order valence-electron chi connectivity index (χ0n) is 9.01. The van der Waals surface area contributed by atoms with Gasteiger partial charge in [0.05, 0.1) is 6.54 Å². The minimum Gasteiger partial charge on any atom is -0.479 e. The largest absolute Gasteiger partial charge is 0.479 e. The van der Waals surface area contributed by atoms with Gasteiger partial charge in [0.1, 0.15) is 5.69 Å². The molecule has 0 bridgehead atoms. The quantitative estimate of drug-likeness (QED) is 0.690. The van der Waals surface area contributed by atoms with E-state index in [9.17, 15) is 9.59 Å². The molecule has 7 heteroatoms. The predicted molar refractivity (Wildman–Crippen MR) is 54.0 cm³/mol. The standard InChI is InChI=1S/C9H13N3O4/c1-12-6(3-4-11-12)8(13)10-5-7(16-2)9(14)15/h3-4,7H,5H2,1-2H3,(H,10,13)(H,14,15). The summed E-state index contributed by atoms with van der Waals surface area (Å²) in [4.78, 5) is 22.2. The molecule has 0 aliphatic heterocycles. The zero-order valence-corrected chi connectivity index (χ0v) is 9.01. The fourth-order valence-electron chi connectivity index (χ4n) is 1.14. The molecule has 16 heavy (non-hydrogen) atoms. The van der Waals surface area contributed by atoms with Crippen molar-refractivity contribution in [3.63, 3.8) is 0 Å². The van der Waals surface area contributed by atoms with E-state index in [0.717, 1.165) is 0 Å². The molecule has 7 nitrogen and oxygen atoms in total. The number of aryl methyl sites for hydroxylation is 1. The molecule has 1 aromatic rings. The Hall–Kier alpha value is -1.89. The second-order valence-corrected chi connectivity index (χ2v) is 3.11. The molecule has 1 atom stereocenters. The number of carbonyl (C=O) groups is 2. The number of nitrogens with one attached hydrogen (secondary N) is 1. The van der Waals surface area contributed by atoms with Crippen LogP contribution in [0.5, 0.6) is 0 Å². The third-order valence-electron chi connectivity index (χ3n) is 2.06. The number of nitrogens with zero attached hydrogens (tertiary/aromatic N) is 2. The minimum absolute atomic E-state index is 0.0875. The lowest BCUT2D eigenvalue weighted by Gasteiger charge is -2.11. The lowest BCUT2D eigenvalue weighted by molar-refractivity contribution is -0.148. The van der Waals surface area contributed by atoms with E-state index in [0.29, 0.717) is 5.69 Å². The van der Waals surface area contributed by atoms with Crippen LogP contribution in [-0.2, 0) is 16.6 Å². The second kappa shape index (κ2) is 5.26. The van der Waals surface area contributed by atoms with Crippen molar-refractivity contribution in [2.45, 2.75) is 6.10 Å². The van der Waals surface area contributed by atoms with Crippen molar-refractivity contribution in [2.75, 3.05) is 13.7 Å². The number of ether oxygens (including phenoxy) is 1. The highest BCUT2D eigenvalue weighted by atomic mass is 16.5. The Bertz CT molecular complexity index is 388. The molecule has 0 saturated heterocycles. The molecule has 0 saturated carbocycles. The number of hydrogen-bond acceptors (Lipinski definition) is 4. The van der Waals surface area contributed by atoms with E-state index < -0.39 is 12.1 Å². The van der Waals surface area contributed by atoms with Crippen LogP contribution in [0.1, 0.15) is 10.5 Å². The van der Waals surface area contributed by atoms with Crippen molar-refractivity contribution < 1.29 is 19.4 Å². The molecule has 1 aromatic heterocycles. The average molecular weight is 227 g/mol. The Labute approximate surface area is 92.0 Å². The van der Waals surface area contributed by atoms with Gasteiger partial charge in [0.2, 0.25) is 0 Å². The van der Waals surface area contributed by atoms with Crippen LogP contribution >= 0.6 is 0 Å². The molecular weight excluding hydrogens is 214 g/mol. The predicted octanol–water partition coefficient (Wildman–Crippen LogP) is -0.750. The molecule has 1 heterocycles. The summed E-state index contributed by atoms with van der Waals surface area (Å²) in [5.74, 6) is -1.50. The number of rotatable bonds is 5. The van der Waals surface area contributed by atoms with Crippen molar-refractivity contribution in [1.29, 1.82) is 0 Å². The summed E-state index contributed by atoms with van der Waals surface area (Å²) in [5.41, 5.74) is 0.361. The zero-order chi connectivity index (χ0) is 12.1. The Morgan fingerprint density at radius 1 is 1.69 bits per heavy atom. The third-order valence-corrected chi connectivity index (χ3v) is 2.06. The molecule has 88 valence electrons. The second-order valence-electron chi connectivity index (χ2n) is 3.11. The van der Waals surface area contributed by atoms with E-state index in [4.69, 9.17) is 5.11 Å². The van der Waals surface area contributed by atoms with E-state index in [1.54, 1.807) is 7.05 Å². The SMILES string of the molecule is COC(CNC(=O)c1ccnn1C)C(=O)O. The van der Waals surface area contributed by atoms with Crippen LogP contribution in [-0.4, -0.2) is 46.5 Å². The molecule has 2 N–H and O–H groups in total. The van der Waals surface area contributed by atoms with Crippen LogP contribution in [0.2, 0.25) is 0 Å². The van der Waals surface area contributed by atoms with Crippen molar-refractivity contribution in [3.8, 4) is 0 Å². The Morgan fingerprint density at radius 2 is 2.38 bits per heavy atom. The van der Waals surface area contributed by atoms with Gasteiger partial charge in [-0.1, -0.05) is 0 Å². The van der Waals surface area contributed by atoms with Crippen LogP contribution in [0.15, 0.2) is 12.3 Å². The van der Waals surface area contributed by atoms with Gasteiger partial charge in [-0.15, -0.1) is 0 Å². The van der Waals surface area contributed by atoms with Crippen LogP contribution in [0.4, 0.5) is 0 Å². The number of carboxylic acids is 1. The molecule has 0 aliphatic rings. The summed E-state index contributed by atoms with van der Waals surface area (Å²) in [6.45, 7) is -0.0875. The van der Waals surface area contributed by atoms with E-state index in [2.05, 4.69) is 15.2 Å². The lowest BCUT2D eigenvalue weighted by Crippen LogP contribution is -2.38. The van der Waals surface area contributed by atoms with Gasteiger partial charge >= 0.3 is 5.97 Å². The van der Waals surface area contributed by atoms with Gasteiger partial charge in [0.15, 0.2) is 6.10 Å². The molecule has 0 aromatic carbocycles. The van der Waals surface area contributed by atoms with Crippen LogP contribution in [0.25, 0.3) is 0 Å². The number of aliphatic carboxylic acids is 1. The van der Waals surface area contributed by atoms with Gasteiger partial charge in [-0.2, -0.15) is 5.10 Å². The van der Waals surface area contributed by atoms with Gasteiger partial charge in [-0.25, -0.2) is 4.79 Å². The summed E-state index contributed by atoms with van der Waals surface area (Å²) in [6, 6.07) is 1.54. The average Bonchev–Trinajstić information content (AvgIpc) is 2.64. The smallest absolute Gasteiger partial charge is 0.334 e. The summed E-state index contributed by atoms with van der Waals surface area (Å²) < 4.78 is 6.07.